The molecule has 4 aromatic rings. The topological polar surface area (TPSA) is 96.9 Å². The Labute approximate surface area is 202 Å². The van der Waals surface area contributed by atoms with E-state index in [2.05, 4.69) is 10.3 Å². The lowest BCUT2D eigenvalue weighted by atomic mass is 10.1. The number of rotatable bonds is 5. The lowest BCUT2D eigenvalue weighted by Gasteiger charge is -2.38. The third-order valence-corrected chi connectivity index (χ3v) is 7.81. The second kappa shape index (κ2) is 8.40. The summed E-state index contributed by atoms with van der Waals surface area (Å²) in [5, 5.41) is 2.28. The van der Waals surface area contributed by atoms with Crippen LogP contribution in [0.2, 0.25) is 5.15 Å². The summed E-state index contributed by atoms with van der Waals surface area (Å²) < 4.78 is 73.7. The molecule has 1 N–H and O–H groups in total. The number of aromatic nitrogens is 2. The van der Waals surface area contributed by atoms with Crippen LogP contribution in [-0.2, 0) is 16.2 Å². The van der Waals surface area contributed by atoms with Gasteiger partial charge < -0.3 is 9.73 Å². The monoisotopic (exact) mass is 524 g/mol. The Morgan fingerprint density at radius 1 is 1.14 bits per heavy atom. The largest absolute Gasteiger partial charge is 0.472 e. The Balaban J connectivity index is 1.40. The SMILES string of the molecule is O=C(NC1CN(S(=O)(=O)c2ccccc2)C1)c1nc2c(C(F)(F)F)cc(-c3ccoc3)cn2c1Cl. The van der Waals surface area contributed by atoms with E-state index >= 15 is 0 Å². The van der Waals surface area contributed by atoms with Crippen molar-refractivity contribution in [3.63, 3.8) is 0 Å². The van der Waals surface area contributed by atoms with Gasteiger partial charge in [-0.1, -0.05) is 29.8 Å². The van der Waals surface area contributed by atoms with Gasteiger partial charge >= 0.3 is 6.18 Å². The first-order valence-electron chi connectivity index (χ1n) is 10.2. The number of alkyl halides is 3. The minimum Gasteiger partial charge on any atom is -0.472 e. The van der Waals surface area contributed by atoms with E-state index in [0.29, 0.717) is 5.56 Å². The molecule has 0 radical (unpaired) electrons. The number of carbonyl (C=O) groups excluding carboxylic acids is 1. The van der Waals surface area contributed by atoms with E-state index in [1.807, 2.05) is 0 Å². The molecule has 35 heavy (non-hydrogen) atoms. The number of furan rings is 1. The van der Waals surface area contributed by atoms with Crippen LogP contribution in [0.3, 0.4) is 0 Å². The van der Waals surface area contributed by atoms with E-state index in [1.54, 1.807) is 18.2 Å². The summed E-state index contributed by atoms with van der Waals surface area (Å²) in [6.07, 6.45) is -0.824. The number of nitrogens with one attached hydrogen (secondary N) is 1. The smallest absolute Gasteiger partial charge is 0.420 e. The van der Waals surface area contributed by atoms with Gasteiger partial charge in [0.15, 0.2) is 11.3 Å². The minimum absolute atomic E-state index is 0.00635. The van der Waals surface area contributed by atoms with Gasteiger partial charge in [-0.05, 0) is 24.3 Å². The maximum absolute atomic E-state index is 13.8. The van der Waals surface area contributed by atoms with Crippen molar-refractivity contribution in [2.24, 2.45) is 0 Å². The molecule has 8 nitrogen and oxygen atoms in total. The van der Waals surface area contributed by atoms with Crippen molar-refractivity contribution in [1.82, 2.24) is 19.0 Å². The molecule has 0 atom stereocenters. The molecular formula is C22H16ClF3N4O4S. The van der Waals surface area contributed by atoms with Gasteiger partial charge in [0.05, 0.1) is 29.0 Å². The average molecular weight is 525 g/mol. The Bertz CT molecular complexity index is 1510. The molecule has 182 valence electrons. The van der Waals surface area contributed by atoms with Crippen LogP contribution in [0.4, 0.5) is 13.2 Å². The van der Waals surface area contributed by atoms with Gasteiger partial charge in [0.2, 0.25) is 10.0 Å². The molecule has 1 aliphatic heterocycles. The van der Waals surface area contributed by atoms with Gasteiger partial charge in [-0.2, -0.15) is 17.5 Å². The summed E-state index contributed by atoms with van der Waals surface area (Å²) in [4.78, 5) is 16.8. The van der Waals surface area contributed by atoms with Crippen LogP contribution in [0.25, 0.3) is 16.8 Å². The normalized spacial score (nSPS) is 15.3. The molecule has 0 spiro atoms. The fourth-order valence-corrected chi connectivity index (χ4v) is 5.59. The highest BCUT2D eigenvalue weighted by atomic mass is 35.5. The zero-order valence-corrected chi connectivity index (χ0v) is 19.2. The summed E-state index contributed by atoms with van der Waals surface area (Å²) in [6, 6.07) is 9.68. The Morgan fingerprint density at radius 2 is 1.86 bits per heavy atom. The molecule has 4 heterocycles. The van der Waals surface area contributed by atoms with E-state index in [-0.39, 0.29) is 28.7 Å². The predicted octanol–water partition coefficient (Wildman–Crippen LogP) is 4.07. The van der Waals surface area contributed by atoms with Crippen LogP contribution in [0.15, 0.2) is 70.5 Å². The molecule has 13 heteroatoms. The van der Waals surface area contributed by atoms with Crippen LogP contribution < -0.4 is 5.32 Å². The molecule has 1 saturated heterocycles. The van der Waals surface area contributed by atoms with Crippen LogP contribution in [0.5, 0.6) is 0 Å². The van der Waals surface area contributed by atoms with Gasteiger partial charge in [0.1, 0.15) is 5.15 Å². The summed E-state index contributed by atoms with van der Waals surface area (Å²) in [7, 11) is -3.71. The highest BCUT2D eigenvalue weighted by Crippen LogP contribution is 2.37. The van der Waals surface area contributed by atoms with Crippen molar-refractivity contribution in [2.75, 3.05) is 13.1 Å². The second-order valence-corrected chi connectivity index (χ2v) is 10.2. The van der Waals surface area contributed by atoms with Gasteiger partial charge in [-0.3, -0.25) is 9.20 Å². The molecule has 3 aromatic heterocycles. The third-order valence-electron chi connectivity index (χ3n) is 5.60. The Hall–Kier alpha value is -3.35. The van der Waals surface area contributed by atoms with Crippen molar-refractivity contribution < 1.29 is 30.8 Å². The number of hydrogen-bond donors (Lipinski definition) is 1. The van der Waals surface area contributed by atoms with Crippen molar-refractivity contribution >= 4 is 33.2 Å². The first kappa shape index (κ1) is 23.4. The maximum Gasteiger partial charge on any atom is 0.420 e. The molecule has 1 fully saturated rings. The molecule has 0 saturated carbocycles. The fraction of sp³-hybridized carbons (Fsp3) is 0.182. The number of halogens is 4. The van der Waals surface area contributed by atoms with Crippen molar-refractivity contribution in [3.8, 4) is 11.1 Å². The number of hydrogen-bond acceptors (Lipinski definition) is 5. The van der Waals surface area contributed by atoms with Gasteiger partial charge in [0, 0.05) is 30.4 Å². The molecule has 1 aliphatic rings. The zero-order chi connectivity index (χ0) is 25.0. The molecule has 5 rings (SSSR count). The Morgan fingerprint density at radius 3 is 2.49 bits per heavy atom. The second-order valence-electron chi connectivity index (χ2n) is 7.90. The van der Waals surface area contributed by atoms with Gasteiger partial charge in [0.25, 0.3) is 5.91 Å². The summed E-state index contributed by atoms with van der Waals surface area (Å²) in [5.74, 6) is -0.807. The minimum atomic E-state index is -4.76. The number of pyridine rings is 1. The number of amides is 1. The van der Waals surface area contributed by atoms with Crippen molar-refractivity contribution in [2.45, 2.75) is 17.1 Å². The molecule has 0 bridgehead atoms. The third kappa shape index (κ3) is 4.17. The molecule has 0 unspecified atom stereocenters. The highest BCUT2D eigenvalue weighted by Gasteiger charge is 2.39. The first-order valence-corrected chi connectivity index (χ1v) is 12.0. The number of sulfonamides is 1. The summed E-state index contributed by atoms with van der Waals surface area (Å²) >= 11 is 6.28. The number of fused-ring (bicyclic) bond motifs is 1. The van der Waals surface area contributed by atoms with Crippen LogP contribution in [-0.4, -0.2) is 47.1 Å². The Kier molecular flexibility index (Phi) is 5.61. The van der Waals surface area contributed by atoms with Gasteiger partial charge in [-0.25, -0.2) is 13.4 Å². The highest BCUT2D eigenvalue weighted by molar-refractivity contribution is 7.89. The lowest BCUT2D eigenvalue weighted by molar-refractivity contribution is -0.136. The number of benzene rings is 1. The predicted molar refractivity (Wildman–Crippen MR) is 119 cm³/mol. The lowest BCUT2D eigenvalue weighted by Crippen LogP contribution is -2.60. The number of nitrogens with zero attached hydrogens (tertiary/aromatic N) is 3. The van der Waals surface area contributed by atoms with E-state index in [4.69, 9.17) is 16.0 Å². The van der Waals surface area contributed by atoms with E-state index in [0.717, 1.165) is 10.5 Å². The van der Waals surface area contributed by atoms with Crippen LogP contribution >= 0.6 is 11.6 Å². The molecule has 1 aromatic carbocycles. The van der Waals surface area contributed by atoms with Gasteiger partial charge in [-0.15, -0.1) is 0 Å². The molecule has 0 aliphatic carbocycles. The standard InChI is InChI=1S/C22H16ClF3N4O4S/c23-19-18(21(31)27-15-10-29(11-15)35(32,33)16-4-2-1-3-5-16)28-20-17(22(24,25)26)8-14(9-30(19)20)13-6-7-34-12-13/h1-9,12,15H,10-11H2,(H,27,31). The van der Waals surface area contributed by atoms with E-state index in [1.165, 1.54) is 41.2 Å². The van der Waals surface area contributed by atoms with E-state index in [9.17, 15) is 26.4 Å². The first-order chi connectivity index (χ1) is 16.6. The summed E-state index contributed by atoms with van der Waals surface area (Å²) in [6.45, 7) is 0.0127. The average Bonchev–Trinajstić information content (AvgIpc) is 3.44. The summed E-state index contributed by atoms with van der Waals surface area (Å²) in [5.41, 5.74) is -1.43. The number of carbonyl (C=O) groups is 1. The maximum atomic E-state index is 13.8. The van der Waals surface area contributed by atoms with Crippen molar-refractivity contribution in [1.29, 1.82) is 0 Å². The van der Waals surface area contributed by atoms with E-state index < -0.39 is 45.1 Å². The fourth-order valence-electron chi connectivity index (χ4n) is 3.78. The number of imidazole rings is 1. The molecular weight excluding hydrogens is 509 g/mol. The van der Waals surface area contributed by atoms with Crippen LogP contribution in [0, 0.1) is 0 Å². The molecule has 1 amide bonds. The van der Waals surface area contributed by atoms with Crippen molar-refractivity contribution in [3.05, 3.63) is 77.6 Å². The van der Waals surface area contributed by atoms with Crippen LogP contribution in [0.1, 0.15) is 16.1 Å². The quantitative estimate of drug-likeness (QED) is 0.424. The zero-order valence-electron chi connectivity index (χ0n) is 17.7.